The Hall–Kier alpha value is -0.850. The van der Waals surface area contributed by atoms with Crippen LogP contribution in [0.2, 0.25) is 0 Å². The van der Waals surface area contributed by atoms with Crippen LogP contribution in [0, 0.1) is 5.92 Å². The van der Waals surface area contributed by atoms with Crippen LogP contribution < -0.4 is 5.32 Å². The number of hydrogen-bond acceptors (Lipinski definition) is 4. The molecule has 1 aliphatic carbocycles. The van der Waals surface area contributed by atoms with Crippen molar-refractivity contribution in [3.05, 3.63) is 0 Å². The molecule has 22 heavy (non-hydrogen) atoms. The number of carboxylic acid groups (broad SMARTS) is 1. The van der Waals surface area contributed by atoms with Gasteiger partial charge < -0.3 is 25.2 Å². The maximum absolute atomic E-state index is 10.5. The van der Waals surface area contributed by atoms with E-state index < -0.39 is 6.09 Å². The number of likely N-dealkylation sites (N-methyl/N-ethyl adjacent to an activating group) is 1. The molecule has 3 N–H and O–H groups in total. The van der Waals surface area contributed by atoms with Gasteiger partial charge in [-0.2, -0.15) is 0 Å². The van der Waals surface area contributed by atoms with E-state index in [0.717, 1.165) is 64.8 Å². The Morgan fingerprint density at radius 1 is 1.23 bits per heavy atom. The molecule has 0 heterocycles. The molecular formula is C16H32N2O4. The van der Waals surface area contributed by atoms with Crippen molar-refractivity contribution >= 4 is 6.09 Å². The van der Waals surface area contributed by atoms with Gasteiger partial charge in [0.15, 0.2) is 0 Å². The SMILES string of the molecule is CCN(CCO)CCCCOC1CCC(CNC(=O)O)CC1. The lowest BCUT2D eigenvalue weighted by molar-refractivity contribution is 0.0156. The average molecular weight is 316 g/mol. The molecule has 0 bridgehead atoms. The molecule has 0 aromatic carbocycles. The Bertz CT molecular complexity index is 294. The summed E-state index contributed by atoms with van der Waals surface area (Å²) in [5.41, 5.74) is 0. The van der Waals surface area contributed by atoms with Gasteiger partial charge in [-0.05, 0) is 57.5 Å². The number of nitrogens with one attached hydrogen (secondary N) is 1. The van der Waals surface area contributed by atoms with Crippen molar-refractivity contribution < 1.29 is 19.7 Å². The number of aliphatic hydroxyl groups is 1. The molecule has 1 saturated carbocycles. The van der Waals surface area contributed by atoms with Gasteiger partial charge in [0, 0.05) is 19.7 Å². The van der Waals surface area contributed by atoms with E-state index in [1.807, 2.05) is 0 Å². The van der Waals surface area contributed by atoms with Gasteiger partial charge in [0.1, 0.15) is 0 Å². The predicted octanol–water partition coefficient (Wildman–Crippen LogP) is 1.92. The Morgan fingerprint density at radius 3 is 2.55 bits per heavy atom. The minimum absolute atomic E-state index is 0.227. The molecule has 1 fully saturated rings. The molecule has 0 atom stereocenters. The molecule has 0 aromatic rings. The van der Waals surface area contributed by atoms with Crippen LogP contribution in [0.25, 0.3) is 0 Å². The lowest BCUT2D eigenvalue weighted by atomic mass is 9.87. The van der Waals surface area contributed by atoms with E-state index in [1.165, 1.54) is 0 Å². The molecule has 1 rings (SSSR count). The average Bonchev–Trinajstić information content (AvgIpc) is 2.52. The predicted molar refractivity (Wildman–Crippen MR) is 86.2 cm³/mol. The summed E-state index contributed by atoms with van der Waals surface area (Å²) in [7, 11) is 0. The summed E-state index contributed by atoms with van der Waals surface area (Å²) in [5.74, 6) is 0.465. The van der Waals surface area contributed by atoms with Gasteiger partial charge in [0.25, 0.3) is 0 Å². The highest BCUT2D eigenvalue weighted by Gasteiger charge is 2.21. The number of nitrogens with zero attached hydrogens (tertiary/aromatic N) is 1. The van der Waals surface area contributed by atoms with Gasteiger partial charge in [0.05, 0.1) is 12.7 Å². The number of aliphatic hydroxyl groups excluding tert-OH is 1. The Kier molecular flexibility index (Phi) is 10.2. The monoisotopic (exact) mass is 316 g/mol. The zero-order valence-electron chi connectivity index (χ0n) is 13.8. The van der Waals surface area contributed by atoms with Gasteiger partial charge in [-0.3, -0.25) is 0 Å². The van der Waals surface area contributed by atoms with Gasteiger partial charge in [-0.25, -0.2) is 4.79 Å². The molecule has 6 nitrogen and oxygen atoms in total. The van der Waals surface area contributed by atoms with Crippen molar-refractivity contribution in [2.75, 3.05) is 39.4 Å². The van der Waals surface area contributed by atoms with Crippen molar-refractivity contribution in [3.63, 3.8) is 0 Å². The lowest BCUT2D eigenvalue weighted by Crippen LogP contribution is -2.32. The maximum Gasteiger partial charge on any atom is 0.404 e. The summed E-state index contributed by atoms with van der Waals surface area (Å²) in [6.45, 7) is 6.48. The summed E-state index contributed by atoms with van der Waals surface area (Å²) in [4.78, 5) is 12.7. The van der Waals surface area contributed by atoms with Crippen LogP contribution in [0.3, 0.4) is 0 Å². The lowest BCUT2D eigenvalue weighted by Gasteiger charge is -2.28. The van der Waals surface area contributed by atoms with Crippen molar-refractivity contribution in [2.24, 2.45) is 5.92 Å². The first-order valence-electron chi connectivity index (χ1n) is 8.57. The van der Waals surface area contributed by atoms with Crippen LogP contribution in [0.5, 0.6) is 0 Å². The minimum atomic E-state index is -0.930. The molecule has 0 spiro atoms. The summed E-state index contributed by atoms with van der Waals surface area (Å²) in [5, 5.41) is 20.0. The van der Waals surface area contributed by atoms with Gasteiger partial charge >= 0.3 is 6.09 Å². The topological polar surface area (TPSA) is 82.0 Å². The molecule has 1 amide bonds. The highest BCUT2D eigenvalue weighted by molar-refractivity contribution is 5.64. The fourth-order valence-electron chi connectivity index (χ4n) is 2.99. The van der Waals surface area contributed by atoms with Crippen LogP contribution in [0.4, 0.5) is 4.79 Å². The summed E-state index contributed by atoms with van der Waals surface area (Å²) in [6.07, 6.45) is 5.75. The van der Waals surface area contributed by atoms with E-state index in [-0.39, 0.29) is 6.61 Å². The van der Waals surface area contributed by atoms with Crippen molar-refractivity contribution in [2.45, 2.75) is 51.6 Å². The van der Waals surface area contributed by atoms with Crippen LogP contribution >= 0.6 is 0 Å². The Morgan fingerprint density at radius 2 is 1.95 bits per heavy atom. The Labute approximate surface area is 133 Å². The number of amides is 1. The molecule has 1 aliphatic rings. The summed E-state index contributed by atoms with van der Waals surface area (Å²) in [6, 6.07) is 0. The van der Waals surface area contributed by atoms with Crippen molar-refractivity contribution in [1.29, 1.82) is 0 Å². The van der Waals surface area contributed by atoms with Crippen LogP contribution in [0.1, 0.15) is 45.4 Å². The third kappa shape index (κ3) is 8.56. The molecule has 0 saturated heterocycles. The second-order valence-corrected chi connectivity index (χ2v) is 6.06. The van der Waals surface area contributed by atoms with Crippen molar-refractivity contribution in [3.8, 4) is 0 Å². The Balaban J connectivity index is 1.99. The van der Waals surface area contributed by atoms with Gasteiger partial charge in [0.2, 0.25) is 0 Å². The third-order valence-electron chi connectivity index (χ3n) is 4.42. The first-order chi connectivity index (χ1) is 10.7. The molecule has 6 heteroatoms. The first kappa shape index (κ1) is 19.2. The fourth-order valence-corrected chi connectivity index (χ4v) is 2.99. The van der Waals surface area contributed by atoms with Gasteiger partial charge in [-0.1, -0.05) is 6.92 Å². The third-order valence-corrected chi connectivity index (χ3v) is 4.42. The number of unbranched alkanes of at least 4 members (excludes halogenated alkanes) is 1. The highest BCUT2D eigenvalue weighted by atomic mass is 16.5. The van der Waals surface area contributed by atoms with Crippen LogP contribution in [0.15, 0.2) is 0 Å². The number of rotatable bonds is 11. The molecule has 0 aromatic heterocycles. The zero-order chi connectivity index (χ0) is 16.2. The van der Waals surface area contributed by atoms with E-state index in [2.05, 4.69) is 17.1 Å². The quantitative estimate of drug-likeness (QED) is 0.507. The molecule has 0 radical (unpaired) electrons. The second-order valence-electron chi connectivity index (χ2n) is 6.06. The zero-order valence-corrected chi connectivity index (χ0v) is 13.8. The van der Waals surface area contributed by atoms with Crippen molar-refractivity contribution in [1.82, 2.24) is 10.2 Å². The largest absolute Gasteiger partial charge is 0.465 e. The molecule has 130 valence electrons. The first-order valence-corrected chi connectivity index (χ1v) is 8.57. The molecule has 0 unspecified atom stereocenters. The normalized spacial score (nSPS) is 22.0. The number of carbonyl (C=O) groups is 1. The highest BCUT2D eigenvalue weighted by Crippen LogP contribution is 2.25. The summed E-state index contributed by atoms with van der Waals surface area (Å²) < 4.78 is 5.93. The van der Waals surface area contributed by atoms with Crippen LogP contribution in [-0.4, -0.2) is 66.7 Å². The molecule has 0 aliphatic heterocycles. The van der Waals surface area contributed by atoms with E-state index >= 15 is 0 Å². The number of hydrogen-bond donors (Lipinski definition) is 3. The maximum atomic E-state index is 10.5. The van der Waals surface area contributed by atoms with Crippen LogP contribution in [-0.2, 0) is 4.74 Å². The standard InChI is InChI=1S/C16H32N2O4/c1-2-18(10-11-19)9-3-4-12-22-15-7-5-14(6-8-15)13-17-16(20)21/h14-15,17,19H,2-13H2,1H3,(H,20,21). The number of ether oxygens (including phenoxy) is 1. The fraction of sp³-hybridized carbons (Fsp3) is 0.938. The van der Waals surface area contributed by atoms with E-state index in [4.69, 9.17) is 14.9 Å². The summed E-state index contributed by atoms with van der Waals surface area (Å²) >= 11 is 0. The van der Waals surface area contributed by atoms with E-state index in [1.54, 1.807) is 0 Å². The smallest absolute Gasteiger partial charge is 0.404 e. The second kappa shape index (κ2) is 11.7. The van der Waals surface area contributed by atoms with E-state index in [9.17, 15) is 4.79 Å². The van der Waals surface area contributed by atoms with Gasteiger partial charge in [-0.15, -0.1) is 0 Å². The molecular weight excluding hydrogens is 284 g/mol. The van der Waals surface area contributed by atoms with E-state index in [0.29, 0.717) is 18.6 Å². The minimum Gasteiger partial charge on any atom is -0.465 e.